The monoisotopic (exact) mass is 301 g/mol. The summed E-state index contributed by atoms with van der Waals surface area (Å²) in [6.07, 6.45) is 3.40. The molecule has 2 aromatic rings. The van der Waals surface area contributed by atoms with E-state index in [0.717, 1.165) is 11.1 Å². The Labute approximate surface area is 129 Å². The van der Waals surface area contributed by atoms with E-state index in [4.69, 9.17) is 0 Å². The van der Waals surface area contributed by atoms with Crippen molar-refractivity contribution in [3.05, 3.63) is 65.7 Å². The first-order valence-electron chi connectivity index (χ1n) is 7.14. The van der Waals surface area contributed by atoms with E-state index in [-0.39, 0.29) is 17.3 Å². The molecular weight excluding hydrogens is 281 g/mol. The minimum atomic E-state index is -0.278. The van der Waals surface area contributed by atoms with Crippen LogP contribution in [-0.2, 0) is 12.0 Å². The Morgan fingerprint density at radius 1 is 1.18 bits per heavy atom. The minimum Gasteiger partial charge on any atom is -0.337 e. The molecule has 116 valence electrons. The van der Waals surface area contributed by atoms with Crippen LogP contribution in [0.25, 0.3) is 0 Å². The van der Waals surface area contributed by atoms with Crippen LogP contribution < -0.4 is 10.6 Å². The SMILES string of the molecule is CC(C)(CNC(=O)NCc1cccnc1)c1ccc(F)cc1. The van der Waals surface area contributed by atoms with Crippen LogP contribution in [0, 0.1) is 5.82 Å². The van der Waals surface area contributed by atoms with Gasteiger partial charge in [-0.25, -0.2) is 9.18 Å². The molecule has 2 N–H and O–H groups in total. The quantitative estimate of drug-likeness (QED) is 0.892. The molecule has 1 aromatic carbocycles. The average Bonchev–Trinajstić information content (AvgIpc) is 2.52. The van der Waals surface area contributed by atoms with Crippen molar-refractivity contribution < 1.29 is 9.18 Å². The van der Waals surface area contributed by atoms with E-state index in [1.54, 1.807) is 24.5 Å². The molecule has 0 fully saturated rings. The molecule has 4 nitrogen and oxygen atoms in total. The number of benzene rings is 1. The van der Waals surface area contributed by atoms with Gasteiger partial charge in [0, 0.05) is 30.9 Å². The minimum absolute atomic E-state index is 0.237. The number of hydrogen-bond donors (Lipinski definition) is 2. The highest BCUT2D eigenvalue weighted by atomic mass is 19.1. The lowest BCUT2D eigenvalue weighted by molar-refractivity contribution is 0.238. The molecule has 0 radical (unpaired) electrons. The maximum absolute atomic E-state index is 13.0. The van der Waals surface area contributed by atoms with Gasteiger partial charge in [0.2, 0.25) is 0 Å². The number of urea groups is 1. The van der Waals surface area contributed by atoms with Crippen LogP contribution in [0.4, 0.5) is 9.18 Å². The van der Waals surface area contributed by atoms with Crippen LogP contribution in [-0.4, -0.2) is 17.6 Å². The molecular formula is C17H20FN3O. The van der Waals surface area contributed by atoms with Crippen molar-refractivity contribution in [2.24, 2.45) is 0 Å². The van der Waals surface area contributed by atoms with E-state index in [0.29, 0.717) is 13.1 Å². The van der Waals surface area contributed by atoms with Gasteiger partial charge in [-0.3, -0.25) is 4.98 Å². The number of pyridine rings is 1. The Hall–Kier alpha value is -2.43. The molecule has 0 spiro atoms. The molecule has 2 rings (SSSR count). The number of carbonyl (C=O) groups is 1. The summed E-state index contributed by atoms with van der Waals surface area (Å²) >= 11 is 0. The van der Waals surface area contributed by atoms with E-state index in [2.05, 4.69) is 15.6 Å². The third-order valence-electron chi connectivity index (χ3n) is 3.49. The first kappa shape index (κ1) is 15.9. The molecule has 0 aliphatic rings. The molecule has 0 aliphatic carbocycles. The van der Waals surface area contributed by atoms with Crippen LogP contribution in [0.2, 0.25) is 0 Å². The van der Waals surface area contributed by atoms with Crippen LogP contribution in [0.5, 0.6) is 0 Å². The molecule has 0 aliphatic heterocycles. The number of nitrogens with zero attached hydrogens (tertiary/aromatic N) is 1. The van der Waals surface area contributed by atoms with Gasteiger partial charge in [-0.05, 0) is 29.3 Å². The molecule has 2 amide bonds. The smallest absolute Gasteiger partial charge is 0.315 e. The maximum Gasteiger partial charge on any atom is 0.315 e. The predicted octanol–water partition coefficient (Wildman–Crippen LogP) is 3.00. The van der Waals surface area contributed by atoms with E-state index in [1.807, 2.05) is 26.0 Å². The average molecular weight is 301 g/mol. The fourth-order valence-corrected chi connectivity index (χ4v) is 2.05. The fraction of sp³-hybridized carbons (Fsp3) is 0.294. The van der Waals surface area contributed by atoms with Crippen molar-refractivity contribution in [3.8, 4) is 0 Å². The van der Waals surface area contributed by atoms with Gasteiger partial charge in [-0.1, -0.05) is 32.0 Å². The molecule has 1 heterocycles. The third kappa shape index (κ3) is 4.55. The number of nitrogens with one attached hydrogen (secondary N) is 2. The van der Waals surface area contributed by atoms with Crippen LogP contribution in [0.1, 0.15) is 25.0 Å². The summed E-state index contributed by atoms with van der Waals surface area (Å²) in [6, 6.07) is 9.83. The first-order valence-corrected chi connectivity index (χ1v) is 7.14. The fourth-order valence-electron chi connectivity index (χ4n) is 2.05. The summed E-state index contributed by atoms with van der Waals surface area (Å²) < 4.78 is 13.0. The maximum atomic E-state index is 13.0. The zero-order chi connectivity index (χ0) is 16.0. The molecule has 0 saturated heterocycles. The normalized spacial score (nSPS) is 11.0. The number of halogens is 1. The molecule has 5 heteroatoms. The summed E-state index contributed by atoms with van der Waals surface area (Å²) in [6.45, 7) is 4.89. The van der Waals surface area contributed by atoms with Gasteiger partial charge in [0.25, 0.3) is 0 Å². The van der Waals surface area contributed by atoms with Gasteiger partial charge < -0.3 is 10.6 Å². The van der Waals surface area contributed by atoms with Gasteiger partial charge in [-0.2, -0.15) is 0 Å². The molecule has 22 heavy (non-hydrogen) atoms. The van der Waals surface area contributed by atoms with Gasteiger partial charge in [0.05, 0.1) is 0 Å². The van der Waals surface area contributed by atoms with Gasteiger partial charge >= 0.3 is 6.03 Å². The lowest BCUT2D eigenvalue weighted by Gasteiger charge is -2.25. The highest BCUT2D eigenvalue weighted by Gasteiger charge is 2.21. The third-order valence-corrected chi connectivity index (χ3v) is 3.49. The lowest BCUT2D eigenvalue weighted by Crippen LogP contribution is -2.42. The standard InChI is InChI=1S/C17H20FN3O/c1-17(2,14-5-7-15(18)8-6-14)12-21-16(22)20-11-13-4-3-9-19-10-13/h3-10H,11-12H2,1-2H3,(H2,20,21,22). The van der Waals surface area contributed by atoms with Crippen LogP contribution in [0.3, 0.4) is 0 Å². The van der Waals surface area contributed by atoms with Crippen molar-refractivity contribution in [3.63, 3.8) is 0 Å². The van der Waals surface area contributed by atoms with Gasteiger partial charge in [-0.15, -0.1) is 0 Å². The second-order valence-corrected chi connectivity index (χ2v) is 5.79. The number of aromatic nitrogens is 1. The zero-order valence-corrected chi connectivity index (χ0v) is 12.8. The Balaban J connectivity index is 1.83. The second kappa shape index (κ2) is 7.02. The largest absolute Gasteiger partial charge is 0.337 e. The summed E-state index contributed by atoms with van der Waals surface area (Å²) in [5, 5.41) is 5.62. The molecule has 0 saturated carbocycles. The van der Waals surface area contributed by atoms with E-state index >= 15 is 0 Å². The summed E-state index contributed by atoms with van der Waals surface area (Å²) in [5.74, 6) is -0.262. The molecule has 0 atom stereocenters. The van der Waals surface area contributed by atoms with Crippen molar-refractivity contribution in [2.45, 2.75) is 25.8 Å². The van der Waals surface area contributed by atoms with Crippen molar-refractivity contribution in [2.75, 3.05) is 6.54 Å². The lowest BCUT2D eigenvalue weighted by atomic mass is 9.84. The van der Waals surface area contributed by atoms with Crippen molar-refractivity contribution >= 4 is 6.03 Å². The Morgan fingerprint density at radius 2 is 1.91 bits per heavy atom. The molecule has 0 bridgehead atoms. The zero-order valence-electron chi connectivity index (χ0n) is 12.8. The Kier molecular flexibility index (Phi) is 5.09. The van der Waals surface area contributed by atoms with Crippen molar-refractivity contribution in [1.82, 2.24) is 15.6 Å². The number of hydrogen-bond acceptors (Lipinski definition) is 2. The highest BCUT2D eigenvalue weighted by Crippen LogP contribution is 2.22. The molecule has 1 aromatic heterocycles. The first-order chi connectivity index (χ1) is 10.5. The van der Waals surface area contributed by atoms with Crippen LogP contribution in [0.15, 0.2) is 48.8 Å². The summed E-state index contributed by atoms with van der Waals surface area (Å²) in [5.41, 5.74) is 1.64. The number of rotatable bonds is 5. The van der Waals surface area contributed by atoms with E-state index < -0.39 is 0 Å². The number of amides is 2. The molecule has 0 unspecified atom stereocenters. The van der Waals surface area contributed by atoms with E-state index in [1.165, 1.54) is 12.1 Å². The number of carbonyl (C=O) groups excluding carboxylic acids is 1. The highest BCUT2D eigenvalue weighted by molar-refractivity contribution is 5.73. The summed E-state index contributed by atoms with van der Waals surface area (Å²) in [7, 11) is 0. The van der Waals surface area contributed by atoms with Gasteiger partial charge in [0.15, 0.2) is 0 Å². The summed E-state index contributed by atoms with van der Waals surface area (Å²) in [4.78, 5) is 15.8. The second-order valence-electron chi connectivity index (χ2n) is 5.79. The topological polar surface area (TPSA) is 54.0 Å². The van der Waals surface area contributed by atoms with Crippen LogP contribution >= 0.6 is 0 Å². The van der Waals surface area contributed by atoms with E-state index in [9.17, 15) is 9.18 Å². The van der Waals surface area contributed by atoms with Gasteiger partial charge in [0.1, 0.15) is 5.82 Å². The predicted molar refractivity (Wildman–Crippen MR) is 83.9 cm³/mol. The Morgan fingerprint density at radius 3 is 2.55 bits per heavy atom. The van der Waals surface area contributed by atoms with Crippen molar-refractivity contribution in [1.29, 1.82) is 0 Å². The Bertz CT molecular complexity index is 612.